The second-order valence-corrected chi connectivity index (χ2v) is 5.26. The quantitative estimate of drug-likeness (QED) is 0.769. The molecule has 0 aliphatic carbocycles. The molecule has 1 amide bonds. The first-order chi connectivity index (χ1) is 9.93. The maximum Gasteiger partial charge on any atom is 0.335 e. The summed E-state index contributed by atoms with van der Waals surface area (Å²) in [6, 6.07) is 6.38. The molecule has 116 valence electrons. The van der Waals surface area contributed by atoms with Crippen LogP contribution in [0, 0.1) is 5.92 Å². The zero-order valence-electron chi connectivity index (χ0n) is 12.8. The highest BCUT2D eigenvalue weighted by atomic mass is 16.5. The average Bonchev–Trinajstić information content (AvgIpc) is 2.43. The van der Waals surface area contributed by atoms with Crippen LogP contribution in [0.2, 0.25) is 0 Å². The molecule has 0 saturated carbocycles. The zero-order valence-corrected chi connectivity index (χ0v) is 12.8. The van der Waals surface area contributed by atoms with Gasteiger partial charge in [0.2, 0.25) is 5.91 Å². The second-order valence-electron chi connectivity index (χ2n) is 5.26. The van der Waals surface area contributed by atoms with Crippen LogP contribution < -0.4 is 5.32 Å². The summed E-state index contributed by atoms with van der Waals surface area (Å²) in [5.41, 5.74) is 0.876. The summed E-state index contributed by atoms with van der Waals surface area (Å²) in [5.74, 6) is -0.851. The van der Waals surface area contributed by atoms with Crippen molar-refractivity contribution >= 4 is 11.9 Å². The van der Waals surface area contributed by atoms with Gasteiger partial charge in [0.25, 0.3) is 0 Å². The van der Waals surface area contributed by atoms with Gasteiger partial charge in [0.05, 0.1) is 24.6 Å². The van der Waals surface area contributed by atoms with Gasteiger partial charge in [0.1, 0.15) is 0 Å². The number of rotatable bonds is 8. The molecular formula is C16H23NO4. The SMILES string of the molecule is CCOCC(NC(=O)Cc1cccc(C(=O)O)c1)C(C)C. The minimum Gasteiger partial charge on any atom is -0.478 e. The lowest BCUT2D eigenvalue weighted by atomic mass is 10.0. The van der Waals surface area contributed by atoms with Crippen LogP contribution in [0.5, 0.6) is 0 Å². The Morgan fingerprint density at radius 3 is 2.62 bits per heavy atom. The summed E-state index contributed by atoms with van der Waals surface area (Å²) < 4.78 is 5.37. The van der Waals surface area contributed by atoms with Crippen LogP contribution in [0.15, 0.2) is 24.3 Å². The molecule has 1 aromatic carbocycles. The van der Waals surface area contributed by atoms with Crippen molar-refractivity contribution in [3.63, 3.8) is 0 Å². The first kappa shape index (κ1) is 17.2. The summed E-state index contributed by atoms with van der Waals surface area (Å²) >= 11 is 0. The summed E-state index contributed by atoms with van der Waals surface area (Å²) in [6.45, 7) is 7.05. The number of carboxylic acid groups (broad SMARTS) is 1. The largest absolute Gasteiger partial charge is 0.478 e. The third-order valence-electron chi connectivity index (χ3n) is 3.19. The predicted molar refractivity (Wildman–Crippen MR) is 80.4 cm³/mol. The van der Waals surface area contributed by atoms with E-state index in [0.717, 1.165) is 0 Å². The van der Waals surface area contributed by atoms with Crippen molar-refractivity contribution in [2.75, 3.05) is 13.2 Å². The molecule has 5 nitrogen and oxygen atoms in total. The third kappa shape index (κ3) is 5.95. The first-order valence-electron chi connectivity index (χ1n) is 7.13. The number of amides is 1. The molecule has 0 radical (unpaired) electrons. The predicted octanol–water partition coefficient (Wildman–Crippen LogP) is 2.10. The molecule has 0 fully saturated rings. The minimum atomic E-state index is -0.992. The molecule has 0 aromatic heterocycles. The topological polar surface area (TPSA) is 75.6 Å². The fourth-order valence-electron chi connectivity index (χ4n) is 1.90. The van der Waals surface area contributed by atoms with Crippen LogP contribution in [0.1, 0.15) is 36.7 Å². The van der Waals surface area contributed by atoms with E-state index in [4.69, 9.17) is 9.84 Å². The van der Waals surface area contributed by atoms with Gasteiger partial charge in [-0.1, -0.05) is 26.0 Å². The average molecular weight is 293 g/mol. The fraction of sp³-hybridized carbons (Fsp3) is 0.500. The van der Waals surface area contributed by atoms with Crippen molar-refractivity contribution in [2.24, 2.45) is 5.92 Å². The molecule has 1 unspecified atom stereocenters. The van der Waals surface area contributed by atoms with Crippen LogP contribution in [0.4, 0.5) is 0 Å². The van der Waals surface area contributed by atoms with Gasteiger partial charge in [-0.2, -0.15) is 0 Å². The molecule has 0 spiro atoms. The molecule has 21 heavy (non-hydrogen) atoms. The second kappa shape index (κ2) is 8.42. The van der Waals surface area contributed by atoms with Crippen LogP contribution in [0.25, 0.3) is 0 Å². The maximum absolute atomic E-state index is 12.1. The number of carboxylic acids is 1. The number of carbonyl (C=O) groups is 2. The van der Waals surface area contributed by atoms with Gasteiger partial charge in [-0.25, -0.2) is 4.79 Å². The summed E-state index contributed by atoms with van der Waals surface area (Å²) in [7, 11) is 0. The summed E-state index contributed by atoms with van der Waals surface area (Å²) in [5, 5.41) is 11.9. The van der Waals surface area contributed by atoms with Crippen LogP contribution in [0.3, 0.4) is 0 Å². The normalized spacial score (nSPS) is 12.2. The number of hydrogen-bond acceptors (Lipinski definition) is 3. The Labute approximate surface area is 125 Å². The lowest BCUT2D eigenvalue weighted by Gasteiger charge is -2.22. The minimum absolute atomic E-state index is 0.0416. The van der Waals surface area contributed by atoms with Gasteiger partial charge in [0.15, 0.2) is 0 Å². The molecule has 1 aromatic rings. The highest BCUT2D eigenvalue weighted by Crippen LogP contribution is 2.08. The maximum atomic E-state index is 12.1. The highest BCUT2D eigenvalue weighted by Gasteiger charge is 2.16. The van der Waals surface area contributed by atoms with E-state index >= 15 is 0 Å². The number of ether oxygens (including phenoxy) is 1. The molecular weight excluding hydrogens is 270 g/mol. The fourth-order valence-corrected chi connectivity index (χ4v) is 1.90. The van der Waals surface area contributed by atoms with E-state index in [1.807, 2.05) is 20.8 Å². The van der Waals surface area contributed by atoms with Crippen LogP contribution >= 0.6 is 0 Å². The van der Waals surface area contributed by atoms with E-state index in [-0.39, 0.29) is 29.9 Å². The number of hydrogen-bond donors (Lipinski definition) is 2. The number of carbonyl (C=O) groups excluding carboxylic acids is 1. The van der Waals surface area contributed by atoms with E-state index < -0.39 is 5.97 Å². The van der Waals surface area contributed by atoms with Crippen molar-refractivity contribution < 1.29 is 19.4 Å². The van der Waals surface area contributed by atoms with E-state index in [1.54, 1.807) is 12.1 Å². The number of nitrogens with one attached hydrogen (secondary N) is 1. The Morgan fingerprint density at radius 2 is 2.05 bits per heavy atom. The Morgan fingerprint density at radius 1 is 1.33 bits per heavy atom. The number of aromatic carboxylic acids is 1. The smallest absolute Gasteiger partial charge is 0.335 e. The molecule has 0 saturated heterocycles. The van der Waals surface area contributed by atoms with Gasteiger partial charge < -0.3 is 15.2 Å². The van der Waals surface area contributed by atoms with Gasteiger partial charge in [0, 0.05) is 6.61 Å². The zero-order chi connectivity index (χ0) is 15.8. The molecule has 0 aliphatic heterocycles. The first-order valence-corrected chi connectivity index (χ1v) is 7.13. The third-order valence-corrected chi connectivity index (χ3v) is 3.19. The van der Waals surface area contributed by atoms with Crippen molar-refractivity contribution in [3.05, 3.63) is 35.4 Å². The Bertz CT molecular complexity index is 485. The molecule has 0 heterocycles. The Hall–Kier alpha value is -1.88. The van der Waals surface area contributed by atoms with Crippen LogP contribution in [-0.2, 0) is 16.0 Å². The highest BCUT2D eigenvalue weighted by molar-refractivity contribution is 5.88. The number of benzene rings is 1. The van der Waals surface area contributed by atoms with Crippen molar-refractivity contribution in [1.82, 2.24) is 5.32 Å². The molecule has 2 N–H and O–H groups in total. The Balaban J connectivity index is 2.63. The van der Waals surface area contributed by atoms with Gasteiger partial charge >= 0.3 is 5.97 Å². The molecule has 5 heteroatoms. The molecule has 0 aliphatic rings. The molecule has 0 bridgehead atoms. The molecule has 1 rings (SSSR count). The lowest BCUT2D eigenvalue weighted by Crippen LogP contribution is -2.42. The summed E-state index contributed by atoms with van der Waals surface area (Å²) in [6.07, 6.45) is 0.163. The molecule has 1 atom stereocenters. The van der Waals surface area contributed by atoms with E-state index in [9.17, 15) is 9.59 Å². The van der Waals surface area contributed by atoms with Gasteiger partial charge in [-0.15, -0.1) is 0 Å². The Kier molecular flexibility index (Phi) is 6.88. The van der Waals surface area contributed by atoms with Gasteiger partial charge in [-0.05, 0) is 30.5 Å². The van der Waals surface area contributed by atoms with Crippen LogP contribution in [-0.4, -0.2) is 36.2 Å². The van der Waals surface area contributed by atoms with Crippen molar-refractivity contribution in [3.8, 4) is 0 Å². The van der Waals surface area contributed by atoms with Crippen molar-refractivity contribution in [2.45, 2.75) is 33.2 Å². The van der Waals surface area contributed by atoms with Crippen molar-refractivity contribution in [1.29, 1.82) is 0 Å². The van der Waals surface area contributed by atoms with E-state index in [1.165, 1.54) is 12.1 Å². The van der Waals surface area contributed by atoms with E-state index in [2.05, 4.69) is 5.32 Å². The lowest BCUT2D eigenvalue weighted by molar-refractivity contribution is -0.122. The van der Waals surface area contributed by atoms with E-state index in [0.29, 0.717) is 18.8 Å². The monoisotopic (exact) mass is 293 g/mol. The van der Waals surface area contributed by atoms with Gasteiger partial charge in [-0.3, -0.25) is 4.79 Å². The summed E-state index contributed by atoms with van der Waals surface area (Å²) in [4.78, 5) is 23.0. The standard InChI is InChI=1S/C16H23NO4/c1-4-21-10-14(11(2)3)17-15(18)9-12-6-5-7-13(8-12)16(19)20/h5-8,11,14H,4,9-10H2,1-3H3,(H,17,18)(H,19,20).